The van der Waals surface area contributed by atoms with Gasteiger partial charge in [-0.05, 0) is 42.8 Å². The van der Waals surface area contributed by atoms with Gasteiger partial charge in [0.15, 0.2) is 0 Å². The second kappa shape index (κ2) is 8.65. The molecule has 4 rings (SSSR count). The first-order valence-electron chi connectivity index (χ1n) is 9.52. The molecule has 7 heteroatoms. The highest BCUT2D eigenvalue weighted by Crippen LogP contribution is 2.22. The molecule has 2 heterocycles. The zero-order chi connectivity index (χ0) is 20.9. The highest BCUT2D eigenvalue weighted by molar-refractivity contribution is 6.21. The number of rotatable bonds is 8. The normalized spacial score (nSPS) is 12.7. The zero-order valence-corrected chi connectivity index (χ0v) is 16.1. The molecule has 1 aliphatic heterocycles. The lowest BCUT2D eigenvalue weighted by Gasteiger charge is -2.13. The first-order valence-corrected chi connectivity index (χ1v) is 9.52. The first kappa shape index (κ1) is 19.4. The van der Waals surface area contributed by atoms with Crippen molar-refractivity contribution in [1.29, 1.82) is 0 Å². The molecule has 0 saturated heterocycles. The van der Waals surface area contributed by atoms with Gasteiger partial charge >= 0.3 is 5.97 Å². The number of para-hydroxylation sites is 1. The van der Waals surface area contributed by atoms with E-state index in [0.717, 1.165) is 0 Å². The summed E-state index contributed by atoms with van der Waals surface area (Å²) in [4.78, 5) is 37.9. The molecular formula is C23H19NO6. The molecule has 0 bridgehead atoms. The number of carbonyl (C=O) groups is 3. The molecule has 30 heavy (non-hydrogen) atoms. The number of ether oxygens (including phenoxy) is 2. The van der Waals surface area contributed by atoms with Gasteiger partial charge in [0.1, 0.15) is 18.1 Å². The Morgan fingerprint density at radius 1 is 0.867 bits per heavy atom. The van der Waals surface area contributed by atoms with E-state index < -0.39 is 5.97 Å². The molecule has 0 fully saturated rings. The molecule has 0 aliphatic carbocycles. The summed E-state index contributed by atoms with van der Waals surface area (Å²) in [7, 11) is 0. The van der Waals surface area contributed by atoms with Crippen LogP contribution in [0.15, 0.2) is 71.1 Å². The fraction of sp³-hybridized carbons (Fsp3) is 0.174. The van der Waals surface area contributed by atoms with Crippen molar-refractivity contribution in [3.63, 3.8) is 0 Å². The minimum absolute atomic E-state index is 0.0583. The molecule has 0 N–H and O–H groups in total. The Morgan fingerprint density at radius 2 is 1.53 bits per heavy atom. The monoisotopic (exact) mass is 405 g/mol. The van der Waals surface area contributed by atoms with Crippen LogP contribution in [0.3, 0.4) is 0 Å². The summed E-state index contributed by atoms with van der Waals surface area (Å²) in [6.07, 6.45) is 0.335. The third-order valence-electron chi connectivity index (χ3n) is 4.62. The minimum Gasteiger partial charge on any atom is -0.486 e. The summed E-state index contributed by atoms with van der Waals surface area (Å²) in [5.74, 6) is 0.0146. The van der Waals surface area contributed by atoms with Crippen LogP contribution < -0.4 is 4.74 Å². The molecule has 152 valence electrons. The Labute approximate surface area is 172 Å². The summed E-state index contributed by atoms with van der Waals surface area (Å²) >= 11 is 0. The van der Waals surface area contributed by atoms with Gasteiger partial charge in [0.25, 0.3) is 11.8 Å². The number of esters is 1. The van der Waals surface area contributed by atoms with Gasteiger partial charge in [-0.15, -0.1) is 0 Å². The quantitative estimate of drug-likeness (QED) is 0.323. The average molecular weight is 405 g/mol. The molecule has 0 radical (unpaired) electrons. The van der Waals surface area contributed by atoms with E-state index in [-0.39, 0.29) is 37.3 Å². The van der Waals surface area contributed by atoms with Gasteiger partial charge in [0.05, 0.1) is 17.7 Å². The van der Waals surface area contributed by atoms with Crippen molar-refractivity contribution < 1.29 is 28.3 Å². The topological polar surface area (TPSA) is 86.0 Å². The average Bonchev–Trinajstić information content (AvgIpc) is 3.35. The molecule has 0 spiro atoms. The van der Waals surface area contributed by atoms with Gasteiger partial charge in [0, 0.05) is 6.54 Å². The number of imide groups is 1. The van der Waals surface area contributed by atoms with Crippen molar-refractivity contribution in [3.8, 4) is 5.75 Å². The number of benzene rings is 2. The lowest BCUT2D eigenvalue weighted by atomic mass is 10.1. The molecule has 1 aliphatic rings. The second-order valence-corrected chi connectivity index (χ2v) is 6.66. The van der Waals surface area contributed by atoms with E-state index in [1.807, 2.05) is 30.3 Å². The Hall–Kier alpha value is -3.87. The molecular weight excluding hydrogens is 386 g/mol. The van der Waals surface area contributed by atoms with Crippen LogP contribution in [-0.2, 0) is 11.3 Å². The number of hydrogen-bond acceptors (Lipinski definition) is 6. The van der Waals surface area contributed by atoms with Crippen molar-refractivity contribution in [2.75, 3.05) is 13.2 Å². The SMILES string of the molecule is O=C(OCCCN1C(=O)c2ccccc2C1=O)c1ccc(COc2ccccc2)o1. The second-order valence-electron chi connectivity index (χ2n) is 6.66. The predicted molar refractivity (Wildman–Crippen MR) is 106 cm³/mol. The highest BCUT2D eigenvalue weighted by atomic mass is 16.5. The zero-order valence-electron chi connectivity index (χ0n) is 16.1. The van der Waals surface area contributed by atoms with E-state index in [4.69, 9.17) is 13.9 Å². The summed E-state index contributed by atoms with van der Waals surface area (Å²) < 4.78 is 16.2. The number of nitrogens with zero attached hydrogens (tertiary/aromatic N) is 1. The molecule has 0 saturated carbocycles. The predicted octanol–water partition coefficient (Wildman–Crippen LogP) is 3.70. The van der Waals surface area contributed by atoms with Crippen LogP contribution in [0.5, 0.6) is 5.75 Å². The van der Waals surface area contributed by atoms with Crippen molar-refractivity contribution in [2.24, 2.45) is 0 Å². The van der Waals surface area contributed by atoms with E-state index in [2.05, 4.69) is 0 Å². The molecule has 2 aromatic carbocycles. The third-order valence-corrected chi connectivity index (χ3v) is 4.62. The molecule has 2 amide bonds. The molecule has 3 aromatic rings. The van der Waals surface area contributed by atoms with Gasteiger partial charge in [-0.1, -0.05) is 30.3 Å². The van der Waals surface area contributed by atoms with Crippen LogP contribution in [0.1, 0.15) is 43.5 Å². The summed E-state index contributed by atoms with van der Waals surface area (Å²) in [5.41, 5.74) is 0.806. The third kappa shape index (κ3) is 4.10. The molecule has 1 aromatic heterocycles. The number of furan rings is 1. The van der Waals surface area contributed by atoms with E-state index in [1.165, 1.54) is 11.0 Å². The smallest absolute Gasteiger partial charge is 0.374 e. The maximum Gasteiger partial charge on any atom is 0.374 e. The number of fused-ring (bicyclic) bond motifs is 1. The van der Waals surface area contributed by atoms with Crippen LogP contribution >= 0.6 is 0 Å². The lowest BCUT2D eigenvalue weighted by Crippen LogP contribution is -2.31. The minimum atomic E-state index is -0.608. The molecule has 7 nitrogen and oxygen atoms in total. The largest absolute Gasteiger partial charge is 0.486 e. The van der Waals surface area contributed by atoms with Gasteiger partial charge in [0.2, 0.25) is 5.76 Å². The number of hydrogen-bond donors (Lipinski definition) is 0. The standard InChI is InChI=1S/C23H19NO6/c25-21-18-9-4-5-10-19(18)22(26)24(21)13-6-14-28-23(27)20-12-11-17(30-20)15-29-16-7-2-1-3-8-16/h1-5,7-12H,6,13-15H2. The Bertz CT molecular complexity index is 1040. The fourth-order valence-electron chi connectivity index (χ4n) is 3.14. The molecule has 0 unspecified atom stereocenters. The van der Waals surface area contributed by atoms with E-state index in [0.29, 0.717) is 29.1 Å². The van der Waals surface area contributed by atoms with Gasteiger partial charge in [-0.25, -0.2) is 4.79 Å². The van der Waals surface area contributed by atoms with Crippen molar-refractivity contribution in [2.45, 2.75) is 13.0 Å². The Kier molecular flexibility index (Phi) is 5.61. The number of amides is 2. The Balaban J connectivity index is 1.23. The maximum atomic E-state index is 12.3. The maximum absolute atomic E-state index is 12.3. The van der Waals surface area contributed by atoms with Crippen LogP contribution in [0, 0.1) is 0 Å². The van der Waals surface area contributed by atoms with Crippen molar-refractivity contribution in [3.05, 3.63) is 89.4 Å². The van der Waals surface area contributed by atoms with Crippen molar-refractivity contribution >= 4 is 17.8 Å². The summed E-state index contributed by atoms with van der Waals surface area (Å²) in [5, 5.41) is 0. The Morgan fingerprint density at radius 3 is 2.23 bits per heavy atom. The molecule has 0 atom stereocenters. The van der Waals surface area contributed by atoms with Crippen LogP contribution in [-0.4, -0.2) is 35.8 Å². The van der Waals surface area contributed by atoms with Gasteiger partial charge in [-0.3, -0.25) is 14.5 Å². The number of carbonyl (C=O) groups excluding carboxylic acids is 3. The highest BCUT2D eigenvalue weighted by Gasteiger charge is 2.34. The van der Waals surface area contributed by atoms with Gasteiger partial charge in [-0.2, -0.15) is 0 Å². The van der Waals surface area contributed by atoms with Crippen LogP contribution in [0.4, 0.5) is 0 Å². The summed E-state index contributed by atoms with van der Waals surface area (Å²) in [6.45, 7) is 0.424. The first-order chi connectivity index (χ1) is 14.6. The fourth-order valence-corrected chi connectivity index (χ4v) is 3.14. The van der Waals surface area contributed by atoms with E-state index in [9.17, 15) is 14.4 Å². The van der Waals surface area contributed by atoms with Crippen LogP contribution in [0.2, 0.25) is 0 Å². The van der Waals surface area contributed by atoms with Gasteiger partial charge < -0.3 is 13.9 Å². The van der Waals surface area contributed by atoms with Crippen molar-refractivity contribution in [1.82, 2.24) is 4.90 Å². The van der Waals surface area contributed by atoms with E-state index in [1.54, 1.807) is 30.3 Å². The van der Waals surface area contributed by atoms with Crippen LogP contribution in [0.25, 0.3) is 0 Å². The summed E-state index contributed by atoms with van der Waals surface area (Å²) in [6, 6.07) is 19.1. The van der Waals surface area contributed by atoms with E-state index >= 15 is 0 Å². The lowest BCUT2D eigenvalue weighted by molar-refractivity contribution is 0.0445.